The van der Waals surface area contributed by atoms with Gasteiger partial charge in [0.05, 0.1) is 5.92 Å². The first-order chi connectivity index (χ1) is 11.0. The van der Waals surface area contributed by atoms with Gasteiger partial charge in [0.2, 0.25) is 0 Å². The lowest BCUT2D eigenvalue weighted by Crippen LogP contribution is -2.39. The van der Waals surface area contributed by atoms with E-state index in [1.54, 1.807) is 0 Å². The Hall–Kier alpha value is -0.830. The maximum Gasteiger partial charge on any atom is 0.314 e. The van der Waals surface area contributed by atoms with Crippen molar-refractivity contribution in [2.24, 2.45) is 28.6 Å². The number of carbonyl (C=O) groups is 1. The van der Waals surface area contributed by atoms with Gasteiger partial charge in [-0.1, -0.05) is 57.5 Å². The van der Waals surface area contributed by atoms with Crippen molar-refractivity contribution in [1.82, 2.24) is 0 Å². The average Bonchev–Trinajstić information content (AvgIpc) is 2.47. The Morgan fingerprint density at radius 1 is 0.917 bits per heavy atom. The predicted molar refractivity (Wildman–Crippen MR) is 103 cm³/mol. The normalized spacial score (nSPS) is 25.4. The summed E-state index contributed by atoms with van der Waals surface area (Å²) in [5, 5.41) is 0. The lowest BCUT2D eigenvalue weighted by atomic mass is 9.60. The van der Waals surface area contributed by atoms with Crippen molar-refractivity contribution in [2.45, 2.75) is 60.8 Å². The lowest BCUT2D eigenvalue weighted by Gasteiger charge is -2.45. The molecular weight excluding hydrogens is 364 g/mol. The summed E-state index contributed by atoms with van der Waals surface area (Å²) in [6.07, 6.45) is 3.08. The largest absolute Gasteiger partial charge is 0.426 e. The van der Waals surface area contributed by atoms with Gasteiger partial charge < -0.3 is 4.74 Å². The summed E-state index contributed by atoms with van der Waals surface area (Å²) in [6, 6.07) is 7.49. The first kappa shape index (κ1) is 19.5. The third-order valence-corrected chi connectivity index (χ3v) is 6.05. The molecule has 0 amide bonds. The highest BCUT2D eigenvalue weighted by Gasteiger charge is 2.42. The zero-order valence-electron chi connectivity index (χ0n) is 15.9. The Morgan fingerprint density at radius 2 is 1.38 bits per heavy atom. The number of ether oxygens (including phenoxy) is 1. The van der Waals surface area contributed by atoms with E-state index in [2.05, 4.69) is 57.5 Å². The van der Waals surface area contributed by atoms with E-state index in [1.165, 1.54) is 6.42 Å². The molecule has 1 aliphatic carbocycles. The second-order valence-electron chi connectivity index (χ2n) is 9.40. The number of rotatable bonds is 2. The van der Waals surface area contributed by atoms with Crippen LogP contribution in [0.25, 0.3) is 0 Å². The molecule has 3 heteroatoms. The Morgan fingerprint density at radius 3 is 1.79 bits per heavy atom. The van der Waals surface area contributed by atoms with Gasteiger partial charge in [-0.25, -0.2) is 0 Å². The summed E-state index contributed by atoms with van der Waals surface area (Å²) >= 11 is 3.41. The van der Waals surface area contributed by atoms with Crippen LogP contribution in [0.1, 0.15) is 60.8 Å². The first-order valence-electron chi connectivity index (χ1n) is 8.94. The van der Waals surface area contributed by atoms with Crippen LogP contribution in [0, 0.1) is 28.6 Å². The van der Waals surface area contributed by atoms with E-state index in [4.69, 9.17) is 4.74 Å². The molecule has 0 aromatic heterocycles. The van der Waals surface area contributed by atoms with Crippen LogP contribution in [-0.2, 0) is 4.79 Å². The second kappa shape index (κ2) is 7.19. The average molecular weight is 395 g/mol. The van der Waals surface area contributed by atoms with Gasteiger partial charge in [0.15, 0.2) is 0 Å². The van der Waals surface area contributed by atoms with E-state index in [0.29, 0.717) is 17.6 Å². The summed E-state index contributed by atoms with van der Waals surface area (Å²) < 4.78 is 6.66. The van der Waals surface area contributed by atoms with Crippen molar-refractivity contribution in [1.29, 1.82) is 0 Å². The summed E-state index contributed by atoms with van der Waals surface area (Å²) in [5.74, 6) is 1.67. The monoisotopic (exact) mass is 394 g/mol. The topological polar surface area (TPSA) is 26.3 Å². The highest BCUT2D eigenvalue weighted by molar-refractivity contribution is 9.10. The summed E-state index contributed by atoms with van der Waals surface area (Å²) in [5.41, 5.74) is 0.445. The van der Waals surface area contributed by atoms with Crippen molar-refractivity contribution in [3.05, 3.63) is 28.7 Å². The van der Waals surface area contributed by atoms with Crippen molar-refractivity contribution in [2.75, 3.05) is 0 Å². The molecule has 0 bridgehead atoms. The van der Waals surface area contributed by atoms with Crippen LogP contribution in [0.5, 0.6) is 5.75 Å². The van der Waals surface area contributed by atoms with Gasteiger partial charge in [-0.05, 0) is 66.2 Å². The first-order valence-corrected chi connectivity index (χ1v) is 9.73. The quantitative estimate of drug-likeness (QED) is 0.423. The highest BCUT2D eigenvalue weighted by Crippen LogP contribution is 2.48. The summed E-state index contributed by atoms with van der Waals surface area (Å²) in [4.78, 5) is 12.8. The molecule has 1 saturated carbocycles. The SMILES string of the molecule is CC(C)(C)[C@@H]1CC(C(=O)Oc2ccc(Br)cc2)C[C@@H](C(C)(C)C)C1. The molecule has 0 spiro atoms. The van der Waals surface area contributed by atoms with Crippen LogP contribution in [0.3, 0.4) is 0 Å². The van der Waals surface area contributed by atoms with Gasteiger partial charge in [-0.3, -0.25) is 4.79 Å². The number of hydrogen-bond acceptors (Lipinski definition) is 2. The number of esters is 1. The molecule has 0 unspecified atom stereocenters. The molecule has 2 atom stereocenters. The minimum Gasteiger partial charge on any atom is -0.426 e. The summed E-state index contributed by atoms with van der Waals surface area (Å²) in [6.45, 7) is 13.7. The van der Waals surface area contributed by atoms with Crippen LogP contribution in [-0.4, -0.2) is 5.97 Å². The van der Waals surface area contributed by atoms with E-state index in [1.807, 2.05) is 24.3 Å². The maximum absolute atomic E-state index is 12.8. The van der Waals surface area contributed by atoms with E-state index in [9.17, 15) is 4.79 Å². The zero-order valence-corrected chi connectivity index (χ0v) is 17.4. The minimum absolute atomic E-state index is 0.00385. The molecule has 2 rings (SSSR count). The van der Waals surface area contributed by atoms with Crippen LogP contribution in [0.4, 0.5) is 0 Å². The Bertz CT molecular complexity index is 541. The van der Waals surface area contributed by atoms with Crippen LogP contribution < -0.4 is 4.74 Å². The molecule has 1 aromatic carbocycles. The zero-order chi connectivity index (χ0) is 18.1. The number of hydrogen-bond donors (Lipinski definition) is 0. The molecule has 134 valence electrons. The van der Waals surface area contributed by atoms with Crippen molar-refractivity contribution in [3.8, 4) is 5.75 Å². The molecule has 1 aliphatic rings. The molecular formula is C21H31BrO2. The number of halogens is 1. The Balaban J connectivity index is 2.14. The fourth-order valence-corrected chi connectivity index (χ4v) is 3.89. The third kappa shape index (κ3) is 5.08. The molecule has 0 radical (unpaired) electrons. The summed E-state index contributed by atoms with van der Waals surface area (Å²) in [7, 11) is 0. The predicted octanol–water partition coefficient (Wildman–Crippen LogP) is 6.48. The van der Waals surface area contributed by atoms with E-state index in [-0.39, 0.29) is 22.7 Å². The van der Waals surface area contributed by atoms with Gasteiger partial charge in [-0.2, -0.15) is 0 Å². The maximum atomic E-state index is 12.8. The van der Waals surface area contributed by atoms with E-state index >= 15 is 0 Å². The van der Waals surface area contributed by atoms with Gasteiger partial charge in [0.25, 0.3) is 0 Å². The van der Waals surface area contributed by atoms with Crippen molar-refractivity contribution >= 4 is 21.9 Å². The van der Waals surface area contributed by atoms with Gasteiger partial charge in [-0.15, -0.1) is 0 Å². The smallest absolute Gasteiger partial charge is 0.314 e. The molecule has 1 aromatic rings. The Labute approximate surface area is 155 Å². The van der Waals surface area contributed by atoms with E-state index < -0.39 is 0 Å². The molecule has 0 saturated heterocycles. The standard InChI is InChI=1S/C21H31BrO2/c1-20(2,3)15-11-14(12-16(13-15)21(4,5)6)19(23)24-18-9-7-17(22)8-10-18/h7-10,14-16H,11-13H2,1-6H3/t15-,16-/m1/s1. The van der Waals surface area contributed by atoms with Gasteiger partial charge in [0.1, 0.15) is 5.75 Å². The van der Waals surface area contributed by atoms with Crippen molar-refractivity contribution in [3.63, 3.8) is 0 Å². The molecule has 0 aliphatic heterocycles. The van der Waals surface area contributed by atoms with Crippen LogP contribution in [0.15, 0.2) is 28.7 Å². The second-order valence-corrected chi connectivity index (χ2v) is 10.3. The molecule has 24 heavy (non-hydrogen) atoms. The fraction of sp³-hybridized carbons (Fsp3) is 0.667. The minimum atomic E-state index is -0.0690. The highest BCUT2D eigenvalue weighted by atomic mass is 79.9. The lowest BCUT2D eigenvalue weighted by molar-refractivity contribution is -0.142. The number of carbonyl (C=O) groups excluding carboxylic acids is 1. The van der Waals surface area contributed by atoms with E-state index in [0.717, 1.165) is 17.3 Å². The molecule has 2 nitrogen and oxygen atoms in total. The number of benzene rings is 1. The van der Waals surface area contributed by atoms with Crippen molar-refractivity contribution < 1.29 is 9.53 Å². The fourth-order valence-electron chi connectivity index (χ4n) is 3.63. The van der Waals surface area contributed by atoms with Gasteiger partial charge >= 0.3 is 5.97 Å². The van der Waals surface area contributed by atoms with Crippen LogP contribution in [0.2, 0.25) is 0 Å². The molecule has 0 N–H and O–H groups in total. The Kier molecular flexibility index (Phi) is 5.84. The van der Waals surface area contributed by atoms with Gasteiger partial charge in [0, 0.05) is 4.47 Å². The molecule has 1 fully saturated rings. The molecule has 0 heterocycles. The van der Waals surface area contributed by atoms with Crippen LogP contribution >= 0.6 is 15.9 Å². The third-order valence-electron chi connectivity index (χ3n) is 5.52.